The van der Waals surface area contributed by atoms with Gasteiger partial charge in [0.25, 0.3) is 0 Å². The number of carbonyl (C=O) groups is 1. The fraction of sp³-hybridized carbons (Fsp3) is 0.591. The number of carbonyl (C=O) groups excluding carboxylic acids is 1. The van der Waals surface area contributed by atoms with Gasteiger partial charge in [0, 0.05) is 19.1 Å². The van der Waals surface area contributed by atoms with E-state index in [-0.39, 0.29) is 11.9 Å². The zero-order valence-electron chi connectivity index (χ0n) is 18.4. The lowest BCUT2D eigenvalue weighted by atomic mass is 10.0. The van der Waals surface area contributed by atoms with Crippen molar-refractivity contribution in [2.75, 3.05) is 37.0 Å². The first kappa shape index (κ1) is 22.6. The molecule has 7 nitrogen and oxygen atoms in total. The molecule has 1 fully saturated rings. The number of anilines is 1. The third-order valence-corrected chi connectivity index (χ3v) is 6.05. The molecule has 0 bridgehead atoms. The molecule has 0 unspecified atom stereocenters. The molecule has 1 aromatic heterocycles. The maximum atomic E-state index is 12.5. The summed E-state index contributed by atoms with van der Waals surface area (Å²) in [5.74, 6) is 1.79. The molecule has 30 heavy (non-hydrogen) atoms. The van der Waals surface area contributed by atoms with Gasteiger partial charge in [-0.1, -0.05) is 43.3 Å². The number of amides is 1. The average molecular weight is 432 g/mol. The summed E-state index contributed by atoms with van der Waals surface area (Å²) in [4.78, 5) is 14.6. The molecule has 0 spiro atoms. The van der Waals surface area contributed by atoms with Crippen LogP contribution in [0.5, 0.6) is 0 Å². The standard InChI is InChI=1S/C22H33N5O2S/c1-16(2)5-8-18(4)23-20(28)15-30-22-25-24-21(26-11-13-29-14-12-26)27(22)19-9-6-17(3)7-10-19/h6-7,9-10,16,18H,5,8,11-15H2,1-4H3,(H,23,28)/t18-/m0/s1. The molecule has 1 N–H and O–H groups in total. The van der Waals surface area contributed by atoms with E-state index in [1.165, 1.54) is 17.3 Å². The normalized spacial score (nSPS) is 15.4. The molecule has 1 aliphatic rings. The van der Waals surface area contributed by atoms with Crippen molar-refractivity contribution in [2.45, 2.75) is 51.7 Å². The van der Waals surface area contributed by atoms with Gasteiger partial charge < -0.3 is 15.0 Å². The number of nitrogens with one attached hydrogen (secondary N) is 1. The second-order valence-electron chi connectivity index (χ2n) is 8.28. The molecule has 0 aliphatic carbocycles. The molecule has 2 heterocycles. The van der Waals surface area contributed by atoms with Crippen LogP contribution < -0.4 is 10.2 Å². The number of hydrogen-bond acceptors (Lipinski definition) is 6. The van der Waals surface area contributed by atoms with Crippen LogP contribution in [-0.2, 0) is 9.53 Å². The summed E-state index contributed by atoms with van der Waals surface area (Å²) < 4.78 is 7.53. The minimum atomic E-state index is 0.0302. The fourth-order valence-electron chi connectivity index (χ4n) is 3.35. The molecule has 1 amide bonds. The minimum Gasteiger partial charge on any atom is -0.378 e. The molecule has 1 saturated heterocycles. The van der Waals surface area contributed by atoms with E-state index in [4.69, 9.17) is 4.74 Å². The first-order valence-electron chi connectivity index (χ1n) is 10.7. The Morgan fingerprint density at radius 2 is 1.83 bits per heavy atom. The van der Waals surface area contributed by atoms with Crippen LogP contribution in [0.2, 0.25) is 0 Å². The van der Waals surface area contributed by atoms with E-state index in [1.54, 1.807) is 0 Å². The largest absolute Gasteiger partial charge is 0.378 e. The highest BCUT2D eigenvalue weighted by Gasteiger charge is 2.22. The Bertz CT molecular complexity index is 815. The molecule has 1 atom stereocenters. The van der Waals surface area contributed by atoms with Gasteiger partial charge in [-0.25, -0.2) is 0 Å². The van der Waals surface area contributed by atoms with E-state index < -0.39 is 0 Å². The number of thioether (sulfide) groups is 1. The van der Waals surface area contributed by atoms with Crippen LogP contribution >= 0.6 is 11.8 Å². The molecule has 8 heteroatoms. The molecule has 0 radical (unpaired) electrons. The SMILES string of the molecule is Cc1ccc(-n2c(SCC(=O)N[C@@H](C)CCC(C)C)nnc2N2CCOCC2)cc1. The van der Waals surface area contributed by atoms with E-state index in [1.807, 2.05) is 4.57 Å². The third-order valence-electron chi connectivity index (χ3n) is 5.12. The van der Waals surface area contributed by atoms with Crippen molar-refractivity contribution >= 4 is 23.6 Å². The second kappa shape index (κ2) is 10.8. The average Bonchev–Trinajstić information content (AvgIpc) is 3.16. The van der Waals surface area contributed by atoms with Crippen LogP contribution in [0.25, 0.3) is 5.69 Å². The van der Waals surface area contributed by atoms with Crippen molar-refractivity contribution < 1.29 is 9.53 Å². The van der Waals surface area contributed by atoms with Crippen molar-refractivity contribution in [3.63, 3.8) is 0 Å². The van der Waals surface area contributed by atoms with E-state index in [9.17, 15) is 4.79 Å². The van der Waals surface area contributed by atoms with Crippen molar-refractivity contribution in [1.29, 1.82) is 0 Å². The number of aryl methyl sites for hydroxylation is 1. The van der Waals surface area contributed by atoms with Crippen LogP contribution in [0.1, 0.15) is 39.2 Å². The maximum Gasteiger partial charge on any atom is 0.232 e. The summed E-state index contributed by atoms with van der Waals surface area (Å²) >= 11 is 1.42. The predicted octanol–water partition coefficient (Wildman–Crippen LogP) is 3.45. The number of benzene rings is 1. The van der Waals surface area contributed by atoms with Gasteiger partial charge in [0.1, 0.15) is 0 Å². The van der Waals surface area contributed by atoms with Crippen LogP contribution in [0, 0.1) is 12.8 Å². The highest BCUT2D eigenvalue weighted by Crippen LogP contribution is 2.27. The number of aromatic nitrogens is 3. The molecule has 0 saturated carbocycles. The van der Waals surface area contributed by atoms with Gasteiger partial charge in [0.15, 0.2) is 5.16 Å². The van der Waals surface area contributed by atoms with Gasteiger partial charge in [-0.3, -0.25) is 9.36 Å². The third kappa shape index (κ3) is 6.22. The van der Waals surface area contributed by atoms with E-state index in [0.29, 0.717) is 24.9 Å². The minimum absolute atomic E-state index is 0.0302. The first-order chi connectivity index (χ1) is 14.4. The quantitative estimate of drug-likeness (QED) is 0.613. The molecular weight excluding hydrogens is 398 g/mol. The summed E-state index contributed by atoms with van der Waals surface area (Å²) in [7, 11) is 0. The first-order valence-corrected chi connectivity index (χ1v) is 11.7. The highest BCUT2D eigenvalue weighted by molar-refractivity contribution is 7.99. The van der Waals surface area contributed by atoms with E-state index >= 15 is 0 Å². The van der Waals surface area contributed by atoms with Gasteiger partial charge in [-0.05, 0) is 44.7 Å². The van der Waals surface area contributed by atoms with Crippen molar-refractivity contribution in [1.82, 2.24) is 20.1 Å². The Hall–Kier alpha value is -2.06. The van der Waals surface area contributed by atoms with Crippen LogP contribution in [0.15, 0.2) is 29.4 Å². The number of hydrogen-bond donors (Lipinski definition) is 1. The summed E-state index contributed by atoms with van der Waals surface area (Å²) in [6, 6.07) is 8.48. The Morgan fingerprint density at radius 1 is 1.13 bits per heavy atom. The summed E-state index contributed by atoms with van der Waals surface area (Å²) in [5, 5.41) is 12.7. The number of ether oxygens (including phenoxy) is 1. The fourth-order valence-corrected chi connectivity index (χ4v) is 4.10. The predicted molar refractivity (Wildman–Crippen MR) is 122 cm³/mol. The molecule has 1 aromatic carbocycles. The highest BCUT2D eigenvalue weighted by atomic mass is 32.2. The lowest BCUT2D eigenvalue weighted by Gasteiger charge is -2.28. The van der Waals surface area contributed by atoms with E-state index in [2.05, 4.69) is 72.4 Å². The van der Waals surface area contributed by atoms with Gasteiger partial charge in [-0.15, -0.1) is 10.2 Å². The maximum absolute atomic E-state index is 12.5. The second-order valence-corrected chi connectivity index (χ2v) is 9.22. The van der Waals surface area contributed by atoms with E-state index in [0.717, 1.165) is 42.7 Å². The lowest BCUT2D eigenvalue weighted by Crippen LogP contribution is -2.38. The van der Waals surface area contributed by atoms with Crippen molar-refractivity contribution in [3.8, 4) is 5.69 Å². The molecule has 1 aliphatic heterocycles. The van der Waals surface area contributed by atoms with Crippen LogP contribution in [0.4, 0.5) is 5.95 Å². The Morgan fingerprint density at radius 3 is 2.50 bits per heavy atom. The zero-order valence-corrected chi connectivity index (χ0v) is 19.2. The Labute approximate surface area is 183 Å². The Kier molecular flexibility index (Phi) is 8.16. The molecule has 3 rings (SSSR count). The smallest absolute Gasteiger partial charge is 0.232 e. The van der Waals surface area contributed by atoms with Crippen molar-refractivity contribution in [3.05, 3.63) is 29.8 Å². The lowest BCUT2D eigenvalue weighted by molar-refractivity contribution is -0.119. The topological polar surface area (TPSA) is 72.3 Å². The van der Waals surface area contributed by atoms with Crippen LogP contribution in [-0.4, -0.2) is 58.8 Å². The molecule has 2 aromatic rings. The Balaban J connectivity index is 1.71. The zero-order chi connectivity index (χ0) is 21.5. The summed E-state index contributed by atoms with van der Waals surface area (Å²) in [5.41, 5.74) is 2.20. The van der Waals surface area contributed by atoms with Gasteiger partial charge in [-0.2, -0.15) is 0 Å². The molecular formula is C22H33N5O2S. The summed E-state index contributed by atoms with van der Waals surface area (Å²) in [6.45, 7) is 11.5. The number of morpholine rings is 1. The number of rotatable bonds is 9. The van der Waals surface area contributed by atoms with Gasteiger partial charge in [0.2, 0.25) is 11.9 Å². The van der Waals surface area contributed by atoms with Crippen LogP contribution in [0.3, 0.4) is 0 Å². The monoisotopic (exact) mass is 431 g/mol. The van der Waals surface area contributed by atoms with Gasteiger partial charge >= 0.3 is 0 Å². The van der Waals surface area contributed by atoms with Crippen molar-refractivity contribution in [2.24, 2.45) is 5.92 Å². The molecule has 164 valence electrons. The number of nitrogens with zero attached hydrogens (tertiary/aromatic N) is 4. The van der Waals surface area contributed by atoms with Gasteiger partial charge in [0.05, 0.1) is 24.7 Å². The summed E-state index contributed by atoms with van der Waals surface area (Å²) in [6.07, 6.45) is 2.11.